The monoisotopic (exact) mass is 726 g/mol. The lowest BCUT2D eigenvalue weighted by Crippen LogP contribution is -2.40. The minimum Gasteiger partial charge on any atom is -0.493 e. The van der Waals surface area contributed by atoms with Crippen molar-refractivity contribution in [1.82, 2.24) is 4.57 Å². The number of esters is 1. The van der Waals surface area contributed by atoms with Crippen molar-refractivity contribution in [2.45, 2.75) is 26.5 Å². The van der Waals surface area contributed by atoms with Crippen molar-refractivity contribution in [2.75, 3.05) is 20.8 Å². The first-order chi connectivity index (χ1) is 20.7. The van der Waals surface area contributed by atoms with E-state index in [2.05, 4.69) is 36.9 Å². The molecule has 3 aromatic carbocycles. The SMILES string of the molecule is CCOC(=O)C1=C(C)N=c2s/c(=C\c3ccc(OCc4ccc(Br)cc4)cc3)c(=O)n2[C@H]1c1cc(OC)c(OC)cc1Br. The van der Waals surface area contributed by atoms with Gasteiger partial charge in [0, 0.05) is 8.95 Å². The number of benzene rings is 3. The minimum absolute atomic E-state index is 0.183. The van der Waals surface area contributed by atoms with Crippen LogP contribution in [0.15, 0.2) is 90.7 Å². The average Bonchev–Trinajstić information content (AvgIpc) is 3.30. The molecular weight excluding hydrogens is 700 g/mol. The third kappa shape index (κ3) is 6.48. The average molecular weight is 728 g/mol. The Hall–Kier alpha value is -3.67. The van der Waals surface area contributed by atoms with Crippen LogP contribution in [0.5, 0.6) is 17.2 Å². The molecular formula is C32H28Br2N2O6S. The van der Waals surface area contributed by atoms with Crippen molar-refractivity contribution in [3.05, 3.63) is 117 Å². The second kappa shape index (κ2) is 13.3. The van der Waals surface area contributed by atoms with Crippen molar-refractivity contribution in [1.29, 1.82) is 0 Å². The third-order valence-electron chi connectivity index (χ3n) is 6.81. The van der Waals surface area contributed by atoms with Gasteiger partial charge < -0.3 is 18.9 Å². The highest BCUT2D eigenvalue weighted by Gasteiger charge is 2.35. The van der Waals surface area contributed by atoms with Gasteiger partial charge >= 0.3 is 5.97 Å². The molecule has 1 atom stereocenters. The molecule has 5 rings (SSSR count). The molecule has 0 amide bonds. The quantitative estimate of drug-likeness (QED) is 0.199. The number of nitrogens with zero attached hydrogens (tertiary/aromatic N) is 2. The summed E-state index contributed by atoms with van der Waals surface area (Å²) in [5, 5.41) is 0. The van der Waals surface area contributed by atoms with Gasteiger partial charge in [-0.15, -0.1) is 0 Å². The first-order valence-electron chi connectivity index (χ1n) is 13.3. The number of allylic oxidation sites excluding steroid dienone is 1. The summed E-state index contributed by atoms with van der Waals surface area (Å²) in [6.07, 6.45) is 1.81. The molecule has 2 heterocycles. The molecule has 0 saturated heterocycles. The number of thiazole rings is 1. The van der Waals surface area contributed by atoms with Gasteiger partial charge in [-0.3, -0.25) is 9.36 Å². The van der Waals surface area contributed by atoms with Crippen LogP contribution in [0, 0.1) is 0 Å². The Morgan fingerprint density at radius 3 is 2.35 bits per heavy atom. The minimum atomic E-state index is -0.805. The molecule has 8 nitrogen and oxygen atoms in total. The fourth-order valence-corrected chi connectivity index (χ4v) is 6.57. The third-order valence-corrected chi connectivity index (χ3v) is 9.01. The Balaban J connectivity index is 1.55. The highest BCUT2D eigenvalue weighted by Crippen LogP contribution is 2.40. The van der Waals surface area contributed by atoms with E-state index in [0.29, 0.717) is 43.2 Å². The molecule has 0 radical (unpaired) electrons. The summed E-state index contributed by atoms with van der Waals surface area (Å²) >= 11 is 8.32. The molecule has 0 fully saturated rings. The maximum atomic E-state index is 14.0. The molecule has 1 aliphatic rings. The molecule has 0 unspecified atom stereocenters. The number of halogens is 2. The van der Waals surface area contributed by atoms with Crippen LogP contribution in [0.25, 0.3) is 6.08 Å². The summed E-state index contributed by atoms with van der Waals surface area (Å²) in [5.41, 5.74) is 2.99. The van der Waals surface area contributed by atoms with Gasteiger partial charge in [-0.25, -0.2) is 9.79 Å². The summed E-state index contributed by atoms with van der Waals surface area (Å²) < 4.78 is 26.0. The van der Waals surface area contributed by atoms with E-state index < -0.39 is 12.0 Å². The van der Waals surface area contributed by atoms with E-state index in [-0.39, 0.29) is 17.7 Å². The molecule has 43 heavy (non-hydrogen) atoms. The van der Waals surface area contributed by atoms with Crippen LogP contribution in [-0.4, -0.2) is 31.4 Å². The van der Waals surface area contributed by atoms with Crippen molar-refractivity contribution in [3.63, 3.8) is 0 Å². The van der Waals surface area contributed by atoms with Crippen LogP contribution in [0.4, 0.5) is 0 Å². The molecule has 4 aromatic rings. The van der Waals surface area contributed by atoms with Crippen molar-refractivity contribution in [2.24, 2.45) is 4.99 Å². The normalized spacial score (nSPS) is 14.7. The van der Waals surface area contributed by atoms with E-state index in [1.807, 2.05) is 54.6 Å². The number of rotatable bonds is 9. The highest BCUT2D eigenvalue weighted by molar-refractivity contribution is 9.10. The number of hydrogen-bond acceptors (Lipinski definition) is 8. The van der Waals surface area contributed by atoms with Crippen LogP contribution in [-0.2, 0) is 16.1 Å². The Bertz CT molecular complexity index is 1880. The molecule has 0 spiro atoms. The van der Waals surface area contributed by atoms with E-state index in [1.54, 1.807) is 33.1 Å². The number of ether oxygens (including phenoxy) is 4. The number of carbonyl (C=O) groups is 1. The van der Waals surface area contributed by atoms with Gasteiger partial charge in [-0.1, -0.05) is 67.5 Å². The fourth-order valence-electron chi connectivity index (χ4n) is 4.72. The topological polar surface area (TPSA) is 88.4 Å². The van der Waals surface area contributed by atoms with Gasteiger partial charge in [0.25, 0.3) is 5.56 Å². The van der Waals surface area contributed by atoms with Gasteiger partial charge in [0.05, 0.1) is 42.7 Å². The van der Waals surface area contributed by atoms with E-state index in [0.717, 1.165) is 21.3 Å². The molecule has 1 aliphatic heterocycles. The molecule has 0 N–H and O–H groups in total. The first kappa shape index (κ1) is 30.8. The number of methoxy groups -OCH3 is 2. The fraction of sp³-hybridized carbons (Fsp3) is 0.219. The summed E-state index contributed by atoms with van der Waals surface area (Å²) in [6, 6.07) is 18.2. The predicted molar refractivity (Wildman–Crippen MR) is 173 cm³/mol. The van der Waals surface area contributed by atoms with E-state index in [9.17, 15) is 9.59 Å². The van der Waals surface area contributed by atoms with Crippen molar-refractivity contribution in [3.8, 4) is 17.2 Å². The summed E-state index contributed by atoms with van der Waals surface area (Å²) in [5.74, 6) is 1.15. The largest absolute Gasteiger partial charge is 0.493 e. The van der Waals surface area contributed by atoms with E-state index in [4.69, 9.17) is 18.9 Å². The Morgan fingerprint density at radius 2 is 1.70 bits per heavy atom. The Morgan fingerprint density at radius 1 is 1.02 bits per heavy atom. The number of hydrogen-bond donors (Lipinski definition) is 0. The van der Waals surface area contributed by atoms with Crippen LogP contribution in [0.3, 0.4) is 0 Å². The van der Waals surface area contributed by atoms with Crippen LogP contribution < -0.4 is 29.1 Å². The summed E-state index contributed by atoms with van der Waals surface area (Å²) in [6.45, 7) is 4.11. The van der Waals surface area contributed by atoms with Gasteiger partial charge in [0.1, 0.15) is 12.4 Å². The summed E-state index contributed by atoms with van der Waals surface area (Å²) in [7, 11) is 3.08. The zero-order valence-electron chi connectivity index (χ0n) is 23.9. The maximum absolute atomic E-state index is 14.0. The molecule has 0 saturated carbocycles. The molecule has 0 aliphatic carbocycles. The van der Waals surface area contributed by atoms with Crippen LogP contribution in [0.2, 0.25) is 0 Å². The smallest absolute Gasteiger partial charge is 0.338 e. The lowest BCUT2D eigenvalue weighted by atomic mass is 9.95. The number of aromatic nitrogens is 1. The van der Waals surface area contributed by atoms with Gasteiger partial charge in [-0.2, -0.15) is 0 Å². The second-order valence-electron chi connectivity index (χ2n) is 9.52. The van der Waals surface area contributed by atoms with Crippen molar-refractivity contribution < 1.29 is 23.7 Å². The Labute approximate surface area is 269 Å². The predicted octanol–water partition coefficient (Wildman–Crippen LogP) is 5.92. The van der Waals surface area contributed by atoms with Gasteiger partial charge in [0.2, 0.25) is 0 Å². The van der Waals surface area contributed by atoms with E-state index in [1.165, 1.54) is 23.0 Å². The van der Waals surface area contributed by atoms with Gasteiger partial charge in [-0.05, 0) is 73.0 Å². The Kier molecular flexibility index (Phi) is 9.53. The lowest BCUT2D eigenvalue weighted by molar-refractivity contribution is -0.139. The molecule has 0 bridgehead atoms. The molecule has 1 aromatic heterocycles. The zero-order valence-corrected chi connectivity index (χ0v) is 27.8. The first-order valence-corrected chi connectivity index (χ1v) is 15.7. The van der Waals surface area contributed by atoms with Gasteiger partial charge in [0.15, 0.2) is 16.3 Å². The maximum Gasteiger partial charge on any atom is 0.338 e. The summed E-state index contributed by atoms with van der Waals surface area (Å²) in [4.78, 5) is 32.4. The highest BCUT2D eigenvalue weighted by atomic mass is 79.9. The number of carbonyl (C=O) groups excluding carboxylic acids is 1. The van der Waals surface area contributed by atoms with Crippen LogP contribution >= 0.6 is 43.2 Å². The lowest BCUT2D eigenvalue weighted by Gasteiger charge is -2.26. The van der Waals surface area contributed by atoms with Crippen molar-refractivity contribution >= 4 is 55.2 Å². The zero-order chi connectivity index (χ0) is 30.7. The van der Waals surface area contributed by atoms with Crippen LogP contribution in [0.1, 0.15) is 36.6 Å². The second-order valence-corrected chi connectivity index (χ2v) is 12.3. The molecule has 222 valence electrons. The molecule has 11 heteroatoms. The standard InChI is InChI=1S/C32H28Br2N2O6S/c1-5-41-31(38)28-18(2)35-32-36(29(28)23-15-25(39-3)26(40-4)16-24(23)34)30(37)27(43-32)14-19-8-12-22(13-9-19)42-17-20-6-10-21(33)11-7-20/h6-16,29H,5,17H2,1-4H3/b27-14-/t29-/m0/s1. The number of fused-ring (bicyclic) bond motifs is 1. The van der Waals surface area contributed by atoms with E-state index >= 15 is 0 Å².